The number of nitrogens with one attached hydrogen (secondary N) is 1. The zero-order chi connectivity index (χ0) is 16.0. The molecule has 1 aliphatic rings. The van der Waals surface area contributed by atoms with Crippen LogP contribution in [0.5, 0.6) is 0 Å². The molecule has 3 nitrogen and oxygen atoms in total. The summed E-state index contributed by atoms with van der Waals surface area (Å²) in [6.07, 6.45) is 4.37. The molecule has 1 fully saturated rings. The molecular weight excluding hydrogens is 294 g/mol. The fraction of sp³-hybridized carbons (Fsp3) is 0.611. The number of hydrogen-bond acceptors (Lipinski definition) is 3. The van der Waals surface area contributed by atoms with Gasteiger partial charge in [-0.2, -0.15) is 11.8 Å². The molecule has 22 heavy (non-hydrogen) atoms. The number of ether oxygens (including phenoxy) is 1. The van der Waals surface area contributed by atoms with Crippen LogP contribution in [0.1, 0.15) is 52.0 Å². The van der Waals surface area contributed by atoms with E-state index in [0.29, 0.717) is 11.9 Å². The van der Waals surface area contributed by atoms with Gasteiger partial charge in [-0.3, -0.25) is 0 Å². The van der Waals surface area contributed by atoms with Crippen LogP contribution in [0.15, 0.2) is 30.3 Å². The molecule has 0 unspecified atom stereocenters. The molecule has 1 aromatic rings. The molecule has 4 heteroatoms. The summed E-state index contributed by atoms with van der Waals surface area (Å²) in [7, 11) is 0. The molecule has 2 atom stereocenters. The van der Waals surface area contributed by atoms with Gasteiger partial charge in [0.05, 0.1) is 0 Å². The zero-order valence-electron chi connectivity index (χ0n) is 13.8. The molecule has 0 spiro atoms. The topological polar surface area (TPSA) is 38.3 Å². The maximum Gasteiger partial charge on any atom is 0.407 e. The molecule has 0 heterocycles. The van der Waals surface area contributed by atoms with E-state index in [-0.39, 0.29) is 16.9 Å². The minimum Gasteiger partial charge on any atom is -0.445 e. The van der Waals surface area contributed by atoms with Crippen molar-refractivity contribution >= 4 is 17.9 Å². The SMILES string of the molecule is CC(C)(C)S[C@H]1CCCC[C@@H]1NC(=O)OCc1ccccc1. The number of carbonyl (C=O) groups is 1. The monoisotopic (exact) mass is 321 g/mol. The molecule has 0 bridgehead atoms. The molecule has 0 saturated heterocycles. The first-order valence-corrected chi connectivity index (χ1v) is 8.97. The number of carbonyl (C=O) groups excluding carboxylic acids is 1. The molecular formula is C18H27NO2S. The predicted molar refractivity (Wildman–Crippen MR) is 93.2 cm³/mol. The summed E-state index contributed by atoms with van der Waals surface area (Å²) >= 11 is 1.97. The van der Waals surface area contributed by atoms with E-state index in [9.17, 15) is 4.79 Å². The van der Waals surface area contributed by atoms with Crippen LogP contribution in [0.4, 0.5) is 4.79 Å². The smallest absolute Gasteiger partial charge is 0.407 e. The molecule has 1 saturated carbocycles. The number of benzene rings is 1. The van der Waals surface area contributed by atoms with Crippen LogP contribution >= 0.6 is 11.8 Å². The van der Waals surface area contributed by atoms with Gasteiger partial charge in [-0.25, -0.2) is 4.79 Å². The molecule has 1 aromatic carbocycles. The van der Waals surface area contributed by atoms with E-state index in [1.54, 1.807) is 0 Å². The number of rotatable bonds is 4. The van der Waals surface area contributed by atoms with Crippen LogP contribution in [0.25, 0.3) is 0 Å². The molecule has 1 aliphatic carbocycles. The van der Waals surface area contributed by atoms with Crippen molar-refractivity contribution in [3.05, 3.63) is 35.9 Å². The number of alkyl carbamates (subject to hydrolysis) is 1. The third kappa shape index (κ3) is 5.91. The van der Waals surface area contributed by atoms with Crippen LogP contribution < -0.4 is 5.32 Å². The van der Waals surface area contributed by atoms with Crippen molar-refractivity contribution in [2.75, 3.05) is 0 Å². The first-order chi connectivity index (χ1) is 10.4. The van der Waals surface area contributed by atoms with Crippen LogP contribution in [0, 0.1) is 0 Å². The quantitative estimate of drug-likeness (QED) is 0.869. The largest absolute Gasteiger partial charge is 0.445 e. The lowest BCUT2D eigenvalue weighted by Crippen LogP contribution is -2.45. The highest BCUT2D eigenvalue weighted by Crippen LogP contribution is 2.36. The van der Waals surface area contributed by atoms with Crippen LogP contribution in [-0.4, -0.2) is 22.1 Å². The second-order valence-electron chi connectivity index (χ2n) is 6.87. The van der Waals surface area contributed by atoms with Gasteiger partial charge in [0, 0.05) is 16.0 Å². The van der Waals surface area contributed by atoms with Crippen molar-refractivity contribution in [2.45, 2.75) is 69.1 Å². The normalized spacial score (nSPS) is 22.1. The molecule has 1 N–H and O–H groups in total. The highest BCUT2D eigenvalue weighted by molar-refractivity contribution is 8.01. The van der Waals surface area contributed by atoms with E-state index in [2.05, 4.69) is 26.1 Å². The van der Waals surface area contributed by atoms with Crippen molar-refractivity contribution in [3.63, 3.8) is 0 Å². The van der Waals surface area contributed by atoms with Crippen molar-refractivity contribution in [1.29, 1.82) is 0 Å². The molecule has 0 aromatic heterocycles. The van der Waals surface area contributed by atoms with Crippen LogP contribution in [0.2, 0.25) is 0 Å². The highest BCUT2D eigenvalue weighted by Gasteiger charge is 2.30. The Labute approximate surface area is 138 Å². The Morgan fingerprint density at radius 1 is 1.23 bits per heavy atom. The van der Waals surface area contributed by atoms with Gasteiger partial charge >= 0.3 is 6.09 Å². The van der Waals surface area contributed by atoms with Crippen molar-refractivity contribution in [3.8, 4) is 0 Å². The standard InChI is InChI=1S/C18H27NO2S/c1-18(2,3)22-16-12-8-7-11-15(16)19-17(20)21-13-14-9-5-4-6-10-14/h4-6,9-10,15-16H,7-8,11-13H2,1-3H3,(H,19,20)/t15-,16-/m0/s1. The first kappa shape index (κ1) is 17.2. The van der Waals surface area contributed by atoms with Crippen LogP contribution in [-0.2, 0) is 11.3 Å². The summed E-state index contributed by atoms with van der Waals surface area (Å²) in [5.74, 6) is 0. The van der Waals surface area contributed by atoms with E-state index >= 15 is 0 Å². The maximum atomic E-state index is 12.1. The number of hydrogen-bond donors (Lipinski definition) is 1. The van der Waals surface area contributed by atoms with Gasteiger partial charge in [0.25, 0.3) is 0 Å². The first-order valence-electron chi connectivity index (χ1n) is 8.09. The summed E-state index contributed by atoms with van der Waals surface area (Å²) in [5.41, 5.74) is 1.02. The lowest BCUT2D eigenvalue weighted by atomic mass is 9.95. The van der Waals surface area contributed by atoms with E-state index in [1.165, 1.54) is 19.3 Å². The van der Waals surface area contributed by atoms with Gasteiger partial charge in [-0.15, -0.1) is 0 Å². The van der Waals surface area contributed by atoms with Gasteiger partial charge in [-0.05, 0) is 18.4 Å². The van der Waals surface area contributed by atoms with E-state index in [1.807, 2.05) is 42.1 Å². The second kappa shape index (κ2) is 7.91. The van der Waals surface area contributed by atoms with Crippen LogP contribution in [0.3, 0.4) is 0 Å². The van der Waals surface area contributed by atoms with Crippen molar-refractivity contribution in [1.82, 2.24) is 5.32 Å². The van der Waals surface area contributed by atoms with E-state index < -0.39 is 0 Å². The minimum absolute atomic E-state index is 0.218. The molecule has 0 aliphatic heterocycles. The summed E-state index contributed by atoms with van der Waals surface area (Å²) in [6, 6.07) is 10.0. The van der Waals surface area contributed by atoms with Crippen molar-refractivity contribution < 1.29 is 9.53 Å². The van der Waals surface area contributed by atoms with Gasteiger partial charge in [-0.1, -0.05) is 63.9 Å². The third-order valence-corrected chi connectivity index (χ3v) is 5.30. The lowest BCUT2D eigenvalue weighted by Gasteiger charge is -2.35. The maximum absolute atomic E-state index is 12.1. The molecule has 1 amide bonds. The van der Waals surface area contributed by atoms with Crippen molar-refractivity contribution in [2.24, 2.45) is 0 Å². The van der Waals surface area contributed by atoms with E-state index in [0.717, 1.165) is 12.0 Å². The fourth-order valence-electron chi connectivity index (χ4n) is 2.77. The third-order valence-electron chi connectivity index (χ3n) is 3.72. The average molecular weight is 321 g/mol. The summed E-state index contributed by atoms with van der Waals surface area (Å²) in [4.78, 5) is 12.1. The van der Waals surface area contributed by atoms with Gasteiger partial charge in [0.2, 0.25) is 0 Å². The van der Waals surface area contributed by atoms with Gasteiger partial charge in [0.15, 0.2) is 0 Å². The Bertz CT molecular complexity index is 470. The van der Waals surface area contributed by atoms with Gasteiger partial charge < -0.3 is 10.1 Å². The Balaban J connectivity index is 1.83. The Morgan fingerprint density at radius 2 is 1.91 bits per heavy atom. The number of thioether (sulfide) groups is 1. The number of amides is 1. The fourth-order valence-corrected chi connectivity index (χ4v) is 4.33. The zero-order valence-corrected chi connectivity index (χ0v) is 14.6. The Morgan fingerprint density at radius 3 is 2.59 bits per heavy atom. The summed E-state index contributed by atoms with van der Waals surface area (Å²) in [5, 5.41) is 3.56. The van der Waals surface area contributed by atoms with Gasteiger partial charge in [0.1, 0.15) is 6.61 Å². The summed E-state index contributed by atoms with van der Waals surface area (Å²) in [6.45, 7) is 7.03. The summed E-state index contributed by atoms with van der Waals surface area (Å²) < 4.78 is 5.57. The Hall–Kier alpha value is -1.16. The minimum atomic E-state index is -0.296. The Kier molecular flexibility index (Phi) is 6.18. The molecule has 122 valence electrons. The predicted octanol–water partition coefficient (Wildman–Crippen LogP) is 4.76. The lowest BCUT2D eigenvalue weighted by molar-refractivity contribution is 0.133. The van der Waals surface area contributed by atoms with E-state index in [4.69, 9.17) is 4.74 Å². The molecule has 2 rings (SSSR count). The average Bonchev–Trinajstić information content (AvgIpc) is 2.47. The highest BCUT2D eigenvalue weighted by atomic mass is 32.2. The molecule has 0 radical (unpaired) electrons. The second-order valence-corrected chi connectivity index (χ2v) is 8.93.